The first-order valence-electron chi connectivity index (χ1n) is 10.4. The highest BCUT2D eigenvalue weighted by atomic mass is 32.1. The molecule has 0 spiro atoms. The molecular formula is C23H24N2O5S. The molecule has 3 heterocycles. The van der Waals surface area contributed by atoms with Gasteiger partial charge in [0, 0.05) is 12.7 Å². The minimum Gasteiger partial charge on any atom is -0.497 e. The van der Waals surface area contributed by atoms with Crippen LogP contribution < -0.4 is 19.1 Å². The van der Waals surface area contributed by atoms with Crippen LogP contribution in [0.15, 0.2) is 42.5 Å². The van der Waals surface area contributed by atoms with Gasteiger partial charge >= 0.3 is 0 Å². The average molecular weight is 441 g/mol. The van der Waals surface area contributed by atoms with Crippen molar-refractivity contribution in [3.8, 4) is 17.2 Å². The molecular weight excluding hydrogens is 416 g/mol. The summed E-state index contributed by atoms with van der Waals surface area (Å²) in [5.74, 6) is 1.78. The van der Waals surface area contributed by atoms with Crippen molar-refractivity contribution in [1.29, 1.82) is 0 Å². The number of carbonyl (C=O) groups excluding carboxylic acids is 1. The van der Waals surface area contributed by atoms with Crippen LogP contribution in [0.3, 0.4) is 0 Å². The highest BCUT2D eigenvalue weighted by Crippen LogP contribution is 2.36. The van der Waals surface area contributed by atoms with Crippen molar-refractivity contribution in [1.82, 2.24) is 4.98 Å². The molecule has 1 fully saturated rings. The van der Waals surface area contributed by atoms with Crippen LogP contribution in [0.4, 0.5) is 5.13 Å². The number of thiazole rings is 1. The van der Waals surface area contributed by atoms with Crippen molar-refractivity contribution < 1.29 is 23.7 Å². The smallest absolute Gasteiger partial charge is 0.273 e. The Morgan fingerprint density at radius 2 is 2.03 bits per heavy atom. The number of fused-ring (bicyclic) bond motifs is 2. The van der Waals surface area contributed by atoms with Crippen molar-refractivity contribution in [2.75, 3.05) is 25.2 Å². The predicted octanol–water partition coefficient (Wildman–Crippen LogP) is 4.05. The molecule has 5 rings (SSSR count). The number of nitrogens with zero attached hydrogens (tertiary/aromatic N) is 2. The zero-order valence-corrected chi connectivity index (χ0v) is 18.3. The Morgan fingerprint density at radius 3 is 2.77 bits per heavy atom. The number of hydrogen-bond acceptors (Lipinski definition) is 7. The van der Waals surface area contributed by atoms with E-state index in [1.807, 2.05) is 49.4 Å². The van der Waals surface area contributed by atoms with Crippen LogP contribution in [-0.4, -0.2) is 49.5 Å². The van der Waals surface area contributed by atoms with Crippen LogP contribution in [-0.2, 0) is 9.53 Å². The summed E-state index contributed by atoms with van der Waals surface area (Å²) in [4.78, 5) is 20.2. The van der Waals surface area contributed by atoms with Gasteiger partial charge < -0.3 is 18.9 Å². The largest absolute Gasteiger partial charge is 0.497 e. The maximum Gasteiger partial charge on any atom is 0.273 e. The Hall–Kier alpha value is -2.84. The van der Waals surface area contributed by atoms with Gasteiger partial charge in [-0.25, -0.2) is 4.98 Å². The van der Waals surface area contributed by atoms with Crippen LogP contribution in [0, 0.1) is 0 Å². The molecule has 0 radical (unpaired) electrons. The number of anilines is 1. The summed E-state index contributed by atoms with van der Waals surface area (Å²) in [5.41, 5.74) is 0.795. The van der Waals surface area contributed by atoms with Crippen molar-refractivity contribution in [3.63, 3.8) is 0 Å². The number of methoxy groups -OCH3 is 1. The maximum atomic E-state index is 13.7. The summed E-state index contributed by atoms with van der Waals surface area (Å²) in [5, 5.41) is 0.624. The number of rotatable bonds is 5. The van der Waals surface area contributed by atoms with E-state index < -0.39 is 12.2 Å². The highest BCUT2D eigenvalue weighted by Gasteiger charge is 2.39. The Bertz CT molecular complexity index is 1090. The predicted molar refractivity (Wildman–Crippen MR) is 118 cm³/mol. The zero-order chi connectivity index (χ0) is 21.4. The molecule has 2 aliphatic rings. The molecule has 0 N–H and O–H groups in total. The molecule has 3 aromatic rings. The fourth-order valence-electron chi connectivity index (χ4n) is 3.94. The molecule has 7 nitrogen and oxygen atoms in total. The van der Waals surface area contributed by atoms with Crippen molar-refractivity contribution in [2.24, 2.45) is 0 Å². The molecule has 1 aromatic heterocycles. The van der Waals surface area contributed by atoms with E-state index in [0.717, 1.165) is 35.4 Å². The van der Waals surface area contributed by atoms with Gasteiger partial charge in [0.2, 0.25) is 6.10 Å². The van der Waals surface area contributed by atoms with Crippen LogP contribution in [0.25, 0.3) is 10.2 Å². The third-order valence-electron chi connectivity index (χ3n) is 5.58. The van der Waals surface area contributed by atoms with Gasteiger partial charge in [0.05, 0.1) is 30.0 Å². The molecule has 3 atom stereocenters. The van der Waals surface area contributed by atoms with Crippen molar-refractivity contribution >= 4 is 32.6 Å². The topological polar surface area (TPSA) is 70.1 Å². The molecule has 2 aliphatic heterocycles. The third-order valence-corrected chi connectivity index (χ3v) is 6.64. The molecule has 0 aliphatic carbocycles. The SMILES string of the molecule is COc1ccc2sc(N(CC3CCCO3)C(=O)C3Oc4ccccc4OC3C)nc2c1. The lowest BCUT2D eigenvalue weighted by atomic mass is 10.1. The number of carbonyl (C=O) groups is 1. The van der Waals surface area contributed by atoms with Crippen molar-refractivity contribution in [2.45, 2.75) is 38.1 Å². The van der Waals surface area contributed by atoms with Gasteiger partial charge in [-0.15, -0.1) is 0 Å². The summed E-state index contributed by atoms with van der Waals surface area (Å²) in [6.45, 7) is 3.01. The molecule has 31 heavy (non-hydrogen) atoms. The Balaban J connectivity index is 1.48. The van der Waals surface area contributed by atoms with E-state index in [2.05, 4.69) is 0 Å². The number of ether oxygens (including phenoxy) is 4. The average Bonchev–Trinajstić information content (AvgIpc) is 3.45. The lowest BCUT2D eigenvalue weighted by Crippen LogP contribution is -2.52. The van der Waals surface area contributed by atoms with Crippen molar-refractivity contribution in [3.05, 3.63) is 42.5 Å². The number of para-hydroxylation sites is 2. The third kappa shape index (κ3) is 3.93. The summed E-state index contributed by atoms with van der Waals surface area (Å²) >= 11 is 1.47. The van der Waals surface area contributed by atoms with Gasteiger partial charge in [-0.2, -0.15) is 0 Å². The van der Waals surface area contributed by atoms with Gasteiger partial charge in [-0.1, -0.05) is 23.5 Å². The minimum atomic E-state index is -0.766. The lowest BCUT2D eigenvalue weighted by molar-refractivity contribution is -0.131. The summed E-state index contributed by atoms with van der Waals surface area (Å²) in [7, 11) is 1.63. The molecule has 162 valence electrons. The maximum absolute atomic E-state index is 13.7. The van der Waals surface area contributed by atoms with Gasteiger partial charge in [-0.3, -0.25) is 9.69 Å². The fourth-order valence-corrected chi connectivity index (χ4v) is 4.90. The van der Waals surface area contributed by atoms with E-state index in [0.29, 0.717) is 23.2 Å². The second kappa shape index (κ2) is 8.36. The van der Waals surface area contributed by atoms with Crippen LogP contribution >= 0.6 is 11.3 Å². The van der Waals surface area contributed by atoms with E-state index in [-0.39, 0.29) is 12.0 Å². The van der Waals surface area contributed by atoms with Gasteiger partial charge in [0.1, 0.15) is 11.9 Å². The second-order valence-corrected chi connectivity index (χ2v) is 8.73. The summed E-state index contributed by atoms with van der Waals surface area (Å²) in [6, 6.07) is 13.1. The Morgan fingerprint density at radius 1 is 1.23 bits per heavy atom. The Labute approximate surface area is 184 Å². The normalized spacial score (nSPS) is 22.5. The number of aromatic nitrogens is 1. The zero-order valence-electron chi connectivity index (χ0n) is 17.4. The highest BCUT2D eigenvalue weighted by molar-refractivity contribution is 7.22. The van der Waals surface area contributed by atoms with E-state index in [9.17, 15) is 4.79 Å². The first-order valence-corrected chi connectivity index (χ1v) is 11.2. The molecule has 8 heteroatoms. The molecule has 1 saturated heterocycles. The second-order valence-electron chi connectivity index (χ2n) is 7.72. The molecule has 0 saturated carbocycles. The van der Waals surface area contributed by atoms with E-state index in [1.165, 1.54) is 11.3 Å². The number of amides is 1. The minimum absolute atomic E-state index is 0.0161. The van der Waals surface area contributed by atoms with Crippen LogP contribution in [0.2, 0.25) is 0 Å². The molecule has 0 bridgehead atoms. The first kappa shape index (κ1) is 20.1. The summed E-state index contributed by atoms with van der Waals surface area (Å²) in [6.07, 6.45) is 0.707. The van der Waals surface area contributed by atoms with E-state index >= 15 is 0 Å². The molecule has 2 aromatic carbocycles. The first-order chi connectivity index (χ1) is 15.1. The lowest BCUT2D eigenvalue weighted by Gasteiger charge is -2.34. The van der Waals surface area contributed by atoms with Crippen LogP contribution in [0.1, 0.15) is 19.8 Å². The molecule has 3 unspecified atom stereocenters. The number of hydrogen-bond donors (Lipinski definition) is 0. The fraction of sp³-hybridized carbons (Fsp3) is 0.391. The molecule has 1 amide bonds. The quantitative estimate of drug-likeness (QED) is 0.596. The van der Waals surface area contributed by atoms with Crippen LogP contribution in [0.5, 0.6) is 17.2 Å². The number of benzene rings is 2. The van der Waals surface area contributed by atoms with Gasteiger partial charge in [0.15, 0.2) is 16.6 Å². The van der Waals surface area contributed by atoms with E-state index in [4.69, 9.17) is 23.9 Å². The van der Waals surface area contributed by atoms with E-state index in [1.54, 1.807) is 12.0 Å². The monoisotopic (exact) mass is 440 g/mol. The summed E-state index contributed by atoms with van der Waals surface area (Å²) < 4.78 is 24.2. The Kier molecular flexibility index (Phi) is 5.41. The van der Waals surface area contributed by atoms with Gasteiger partial charge in [0.25, 0.3) is 5.91 Å². The standard InChI is InChI=1S/C23H24N2O5S/c1-14-21(30-19-8-4-3-7-18(19)29-14)22(26)25(13-16-6-5-11-28-16)23-24-17-12-15(27-2)9-10-20(17)31-23/h3-4,7-10,12,14,16,21H,5-6,11,13H2,1-2H3. The van der Waals surface area contributed by atoms with Gasteiger partial charge in [-0.05, 0) is 44.0 Å².